The van der Waals surface area contributed by atoms with E-state index < -0.39 is 0 Å². The predicted molar refractivity (Wildman–Crippen MR) is 76.0 cm³/mol. The van der Waals surface area contributed by atoms with Gasteiger partial charge >= 0.3 is 0 Å². The Morgan fingerprint density at radius 3 is 2.89 bits per heavy atom. The minimum Gasteiger partial charge on any atom is -0.496 e. The number of methoxy groups -OCH3 is 1. The van der Waals surface area contributed by atoms with Gasteiger partial charge in [-0.25, -0.2) is 0 Å². The van der Waals surface area contributed by atoms with E-state index in [0.29, 0.717) is 12.5 Å². The Balaban J connectivity index is 2.00. The van der Waals surface area contributed by atoms with Gasteiger partial charge in [0.15, 0.2) is 0 Å². The summed E-state index contributed by atoms with van der Waals surface area (Å²) in [6.45, 7) is 5.31. The van der Waals surface area contributed by atoms with Crippen molar-refractivity contribution in [3.63, 3.8) is 0 Å². The van der Waals surface area contributed by atoms with E-state index >= 15 is 0 Å². The zero-order valence-electron chi connectivity index (χ0n) is 11.8. The minimum atomic E-state index is -0.209. The molecule has 0 bridgehead atoms. The first-order valence-electron chi connectivity index (χ1n) is 6.90. The molecule has 0 radical (unpaired) electrons. The summed E-state index contributed by atoms with van der Waals surface area (Å²) in [5, 5.41) is 9.63. The normalized spacial score (nSPS) is 21.6. The second kappa shape index (κ2) is 6.37. The fourth-order valence-corrected chi connectivity index (χ4v) is 2.71. The molecule has 0 spiro atoms. The second-order valence-corrected chi connectivity index (χ2v) is 5.37. The maximum atomic E-state index is 9.63. The molecule has 0 saturated carbocycles. The van der Waals surface area contributed by atoms with E-state index in [1.807, 2.05) is 13.0 Å². The lowest BCUT2D eigenvalue weighted by Crippen LogP contribution is -2.24. The topological polar surface area (TPSA) is 58.7 Å². The van der Waals surface area contributed by atoms with Gasteiger partial charge in [-0.2, -0.15) is 0 Å². The zero-order valence-corrected chi connectivity index (χ0v) is 11.8. The van der Waals surface area contributed by atoms with Gasteiger partial charge in [0.05, 0.1) is 13.2 Å². The third-order valence-corrected chi connectivity index (χ3v) is 3.97. The van der Waals surface area contributed by atoms with Gasteiger partial charge in [0.1, 0.15) is 5.75 Å². The van der Waals surface area contributed by atoms with Crippen molar-refractivity contribution in [2.24, 2.45) is 11.7 Å². The first-order valence-corrected chi connectivity index (χ1v) is 6.90. The molecule has 1 fully saturated rings. The van der Waals surface area contributed by atoms with Gasteiger partial charge in [0.2, 0.25) is 0 Å². The highest BCUT2D eigenvalue weighted by atomic mass is 16.5. The standard InChI is InChI=1S/C15H24N2O2/c1-11(18)14-5-6-17(10-14)9-12-3-4-13(8-16)15(7-12)19-2/h3-4,7,11,14,18H,5-6,8-10,16H2,1-2H3. The molecule has 19 heavy (non-hydrogen) atoms. The van der Waals surface area contributed by atoms with E-state index in [0.717, 1.165) is 37.4 Å². The summed E-state index contributed by atoms with van der Waals surface area (Å²) in [6.07, 6.45) is 0.870. The molecule has 1 aliphatic rings. The molecule has 2 unspecified atom stereocenters. The molecule has 1 aliphatic heterocycles. The minimum absolute atomic E-state index is 0.209. The summed E-state index contributed by atoms with van der Waals surface area (Å²) < 4.78 is 5.36. The summed E-state index contributed by atoms with van der Waals surface area (Å²) in [5.74, 6) is 1.27. The first-order chi connectivity index (χ1) is 9.13. The molecular weight excluding hydrogens is 240 g/mol. The first kappa shape index (κ1) is 14.3. The third-order valence-electron chi connectivity index (χ3n) is 3.97. The van der Waals surface area contributed by atoms with Gasteiger partial charge in [-0.05, 0) is 37.4 Å². The van der Waals surface area contributed by atoms with Crippen molar-refractivity contribution in [1.82, 2.24) is 4.90 Å². The van der Waals surface area contributed by atoms with Gasteiger partial charge in [-0.3, -0.25) is 4.90 Å². The van der Waals surface area contributed by atoms with Crippen molar-refractivity contribution in [3.05, 3.63) is 29.3 Å². The van der Waals surface area contributed by atoms with E-state index in [4.69, 9.17) is 10.5 Å². The maximum absolute atomic E-state index is 9.63. The highest BCUT2D eigenvalue weighted by Gasteiger charge is 2.25. The molecule has 1 aromatic rings. The van der Waals surface area contributed by atoms with Gasteiger partial charge in [-0.15, -0.1) is 0 Å². The fraction of sp³-hybridized carbons (Fsp3) is 0.600. The van der Waals surface area contributed by atoms with Crippen LogP contribution in [0.3, 0.4) is 0 Å². The fourth-order valence-electron chi connectivity index (χ4n) is 2.71. The van der Waals surface area contributed by atoms with E-state index in [2.05, 4.69) is 17.0 Å². The molecule has 1 heterocycles. The molecule has 2 rings (SSSR count). The summed E-state index contributed by atoms with van der Waals surface area (Å²) in [5.41, 5.74) is 7.95. The highest BCUT2D eigenvalue weighted by molar-refractivity contribution is 5.37. The third kappa shape index (κ3) is 3.47. The molecule has 0 amide bonds. The zero-order chi connectivity index (χ0) is 13.8. The Morgan fingerprint density at radius 2 is 2.32 bits per heavy atom. The summed E-state index contributed by atoms with van der Waals surface area (Å²) in [6, 6.07) is 6.22. The summed E-state index contributed by atoms with van der Waals surface area (Å²) >= 11 is 0. The van der Waals surface area contributed by atoms with Crippen LogP contribution in [0.5, 0.6) is 5.75 Å². The maximum Gasteiger partial charge on any atom is 0.123 e. The molecule has 0 aliphatic carbocycles. The number of aliphatic hydroxyl groups excluding tert-OH is 1. The van der Waals surface area contributed by atoms with Crippen LogP contribution in [0.2, 0.25) is 0 Å². The molecule has 1 aromatic carbocycles. The average Bonchev–Trinajstić information content (AvgIpc) is 2.87. The van der Waals surface area contributed by atoms with Crippen LogP contribution in [-0.4, -0.2) is 36.3 Å². The number of nitrogens with zero attached hydrogens (tertiary/aromatic N) is 1. The molecule has 3 N–H and O–H groups in total. The summed E-state index contributed by atoms with van der Waals surface area (Å²) in [4.78, 5) is 2.38. The molecule has 2 atom stereocenters. The van der Waals surface area contributed by atoms with Crippen LogP contribution >= 0.6 is 0 Å². The largest absolute Gasteiger partial charge is 0.496 e. The average molecular weight is 264 g/mol. The van der Waals surface area contributed by atoms with Crippen molar-refractivity contribution < 1.29 is 9.84 Å². The van der Waals surface area contributed by atoms with Gasteiger partial charge in [0.25, 0.3) is 0 Å². The Kier molecular flexibility index (Phi) is 4.80. The lowest BCUT2D eigenvalue weighted by atomic mass is 10.0. The van der Waals surface area contributed by atoms with Crippen LogP contribution in [-0.2, 0) is 13.1 Å². The van der Waals surface area contributed by atoms with Gasteiger partial charge < -0.3 is 15.6 Å². The monoisotopic (exact) mass is 264 g/mol. The van der Waals surface area contributed by atoms with Crippen molar-refractivity contribution in [2.75, 3.05) is 20.2 Å². The lowest BCUT2D eigenvalue weighted by molar-refractivity contribution is 0.127. The van der Waals surface area contributed by atoms with Crippen LogP contribution < -0.4 is 10.5 Å². The SMILES string of the molecule is COc1cc(CN2CCC(C(C)O)C2)ccc1CN. The highest BCUT2D eigenvalue weighted by Crippen LogP contribution is 2.24. The van der Waals surface area contributed by atoms with Gasteiger partial charge in [0, 0.05) is 25.2 Å². The number of likely N-dealkylation sites (tertiary alicyclic amines) is 1. The summed E-state index contributed by atoms with van der Waals surface area (Å²) in [7, 11) is 1.68. The second-order valence-electron chi connectivity index (χ2n) is 5.37. The lowest BCUT2D eigenvalue weighted by Gasteiger charge is -2.18. The molecular formula is C15H24N2O2. The Bertz CT molecular complexity index is 421. The van der Waals surface area contributed by atoms with E-state index in [9.17, 15) is 5.11 Å². The molecule has 0 aromatic heterocycles. The van der Waals surface area contributed by atoms with Crippen molar-refractivity contribution >= 4 is 0 Å². The van der Waals surface area contributed by atoms with Crippen molar-refractivity contribution in [3.8, 4) is 5.75 Å². The Labute approximate surface area is 115 Å². The number of hydrogen-bond acceptors (Lipinski definition) is 4. The number of ether oxygens (including phenoxy) is 1. The van der Waals surface area contributed by atoms with Crippen molar-refractivity contribution in [1.29, 1.82) is 0 Å². The van der Waals surface area contributed by atoms with Crippen molar-refractivity contribution in [2.45, 2.75) is 32.5 Å². The number of benzene rings is 1. The van der Waals surface area contributed by atoms with Gasteiger partial charge in [-0.1, -0.05) is 12.1 Å². The molecule has 4 nitrogen and oxygen atoms in total. The number of aliphatic hydroxyl groups is 1. The van der Waals surface area contributed by atoms with Crippen LogP contribution in [0.1, 0.15) is 24.5 Å². The van der Waals surface area contributed by atoms with E-state index in [1.54, 1.807) is 7.11 Å². The number of hydrogen-bond donors (Lipinski definition) is 2. The number of nitrogens with two attached hydrogens (primary N) is 1. The molecule has 4 heteroatoms. The quantitative estimate of drug-likeness (QED) is 0.843. The van der Waals surface area contributed by atoms with E-state index in [1.165, 1.54) is 5.56 Å². The van der Waals surface area contributed by atoms with Crippen LogP contribution in [0.25, 0.3) is 0 Å². The Hall–Kier alpha value is -1.10. The van der Waals surface area contributed by atoms with Crippen LogP contribution in [0.4, 0.5) is 0 Å². The van der Waals surface area contributed by atoms with Crippen LogP contribution in [0.15, 0.2) is 18.2 Å². The molecule has 1 saturated heterocycles. The van der Waals surface area contributed by atoms with E-state index in [-0.39, 0.29) is 6.10 Å². The number of rotatable bonds is 5. The van der Waals surface area contributed by atoms with Crippen LogP contribution in [0, 0.1) is 5.92 Å². The smallest absolute Gasteiger partial charge is 0.123 e. The Morgan fingerprint density at radius 1 is 1.53 bits per heavy atom. The molecule has 106 valence electrons. The predicted octanol–water partition coefficient (Wildman–Crippen LogP) is 1.36.